The third kappa shape index (κ3) is 2.46. The molecule has 0 saturated carbocycles. The van der Waals surface area contributed by atoms with E-state index >= 15 is 0 Å². The van der Waals surface area contributed by atoms with Crippen molar-refractivity contribution in [2.45, 2.75) is 50.6 Å². The molecule has 0 amide bonds. The first-order valence-electron chi connectivity index (χ1n) is 6.99. The molecule has 2 aliphatic heterocycles. The lowest BCUT2D eigenvalue weighted by Gasteiger charge is -2.45. The molecule has 0 radical (unpaired) electrons. The van der Waals surface area contributed by atoms with E-state index in [2.05, 4.69) is 16.0 Å². The van der Waals surface area contributed by atoms with Crippen molar-refractivity contribution in [2.24, 2.45) is 0 Å². The third-order valence-electron chi connectivity index (χ3n) is 4.32. The second kappa shape index (κ2) is 5.19. The number of nitrogens with zero attached hydrogens (tertiary/aromatic N) is 2. The molecule has 0 spiro atoms. The van der Waals surface area contributed by atoms with Crippen molar-refractivity contribution in [3.8, 4) is 0 Å². The molecule has 2 bridgehead atoms. The second-order valence-corrected chi connectivity index (χ2v) is 5.53. The van der Waals surface area contributed by atoms with Crippen molar-refractivity contribution < 1.29 is 4.79 Å². The molecule has 96 valence electrons. The normalized spacial score (nSPS) is 28.3. The van der Waals surface area contributed by atoms with Crippen LogP contribution in [0.2, 0.25) is 0 Å². The molecule has 3 nitrogen and oxygen atoms in total. The van der Waals surface area contributed by atoms with Gasteiger partial charge in [0.2, 0.25) is 0 Å². The zero-order valence-corrected chi connectivity index (χ0v) is 10.7. The van der Waals surface area contributed by atoms with Gasteiger partial charge in [-0.05, 0) is 30.9 Å². The Morgan fingerprint density at radius 3 is 2.72 bits per heavy atom. The van der Waals surface area contributed by atoms with Gasteiger partial charge in [0.15, 0.2) is 0 Å². The van der Waals surface area contributed by atoms with Crippen LogP contribution in [0.3, 0.4) is 0 Å². The average molecular weight is 244 g/mol. The SMILES string of the molecule is O=C1CC2CCCC(C1)N2CCc1cccnc1. The van der Waals surface area contributed by atoms with Crippen LogP contribution in [-0.4, -0.2) is 34.3 Å². The van der Waals surface area contributed by atoms with Gasteiger partial charge in [0, 0.05) is 43.9 Å². The molecule has 1 aromatic rings. The van der Waals surface area contributed by atoms with Gasteiger partial charge in [-0.1, -0.05) is 12.5 Å². The van der Waals surface area contributed by atoms with Gasteiger partial charge in [0.05, 0.1) is 0 Å². The van der Waals surface area contributed by atoms with Gasteiger partial charge >= 0.3 is 0 Å². The lowest BCUT2D eigenvalue weighted by atomic mass is 9.83. The number of pyridine rings is 1. The van der Waals surface area contributed by atoms with Crippen LogP contribution in [-0.2, 0) is 11.2 Å². The quantitative estimate of drug-likeness (QED) is 0.817. The van der Waals surface area contributed by atoms with E-state index in [-0.39, 0.29) is 0 Å². The summed E-state index contributed by atoms with van der Waals surface area (Å²) >= 11 is 0. The number of Topliss-reactive ketones (excluding diaryl/α,β-unsaturated/α-hetero) is 1. The minimum atomic E-state index is 0.474. The van der Waals surface area contributed by atoms with Crippen molar-refractivity contribution in [1.82, 2.24) is 9.88 Å². The highest BCUT2D eigenvalue weighted by molar-refractivity contribution is 5.80. The van der Waals surface area contributed by atoms with E-state index in [1.165, 1.54) is 24.8 Å². The fraction of sp³-hybridized carbons (Fsp3) is 0.600. The molecule has 18 heavy (non-hydrogen) atoms. The van der Waals surface area contributed by atoms with Crippen molar-refractivity contribution in [3.63, 3.8) is 0 Å². The van der Waals surface area contributed by atoms with E-state index in [1.54, 1.807) is 0 Å². The van der Waals surface area contributed by atoms with Gasteiger partial charge in [0.25, 0.3) is 0 Å². The zero-order valence-electron chi connectivity index (χ0n) is 10.7. The van der Waals surface area contributed by atoms with Crippen LogP contribution < -0.4 is 0 Å². The maximum Gasteiger partial charge on any atom is 0.136 e. The van der Waals surface area contributed by atoms with Crippen molar-refractivity contribution in [3.05, 3.63) is 30.1 Å². The number of aromatic nitrogens is 1. The largest absolute Gasteiger partial charge is 0.300 e. The smallest absolute Gasteiger partial charge is 0.136 e. The molecule has 2 fully saturated rings. The molecular formula is C15H20N2O. The first-order chi connectivity index (χ1) is 8.83. The standard InChI is InChI=1S/C15H20N2O/c18-15-9-13-4-1-5-14(10-15)17(13)8-6-12-3-2-7-16-11-12/h2-3,7,11,13-14H,1,4-6,8-10H2. The maximum absolute atomic E-state index is 11.7. The summed E-state index contributed by atoms with van der Waals surface area (Å²) in [5.74, 6) is 0.474. The average Bonchev–Trinajstić information content (AvgIpc) is 2.37. The first kappa shape index (κ1) is 11.8. The summed E-state index contributed by atoms with van der Waals surface area (Å²) in [5, 5.41) is 0. The van der Waals surface area contributed by atoms with Gasteiger partial charge in [-0.3, -0.25) is 14.7 Å². The lowest BCUT2D eigenvalue weighted by Crippen LogP contribution is -2.52. The van der Waals surface area contributed by atoms with E-state index in [1.807, 2.05) is 18.5 Å². The van der Waals surface area contributed by atoms with Gasteiger partial charge in [0.1, 0.15) is 5.78 Å². The fourth-order valence-corrected chi connectivity index (χ4v) is 3.44. The molecular weight excluding hydrogens is 224 g/mol. The highest BCUT2D eigenvalue weighted by atomic mass is 16.1. The Morgan fingerprint density at radius 2 is 2.06 bits per heavy atom. The van der Waals surface area contributed by atoms with Crippen LogP contribution in [0.1, 0.15) is 37.7 Å². The number of rotatable bonds is 3. The van der Waals surface area contributed by atoms with E-state index in [4.69, 9.17) is 0 Å². The van der Waals surface area contributed by atoms with E-state index < -0.39 is 0 Å². The van der Waals surface area contributed by atoms with Gasteiger partial charge in [-0.25, -0.2) is 0 Å². The van der Waals surface area contributed by atoms with Crippen molar-refractivity contribution in [2.75, 3.05) is 6.54 Å². The summed E-state index contributed by atoms with van der Waals surface area (Å²) in [6.45, 7) is 1.08. The third-order valence-corrected chi connectivity index (χ3v) is 4.32. The Hall–Kier alpha value is -1.22. The Labute approximate surface area is 108 Å². The Morgan fingerprint density at radius 1 is 1.28 bits per heavy atom. The highest BCUT2D eigenvalue weighted by Gasteiger charge is 2.36. The van der Waals surface area contributed by atoms with E-state index in [9.17, 15) is 4.79 Å². The monoisotopic (exact) mass is 244 g/mol. The summed E-state index contributed by atoms with van der Waals surface area (Å²) in [6.07, 6.45) is 10.1. The van der Waals surface area contributed by atoms with Crippen LogP contribution in [0.5, 0.6) is 0 Å². The molecule has 2 atom stereocenters. The Kier molecular flexibility index (Phi) is 3.41. The highest BCUT2D eigenvalue weighted by Crippen LogP contribution is 2.32. The summed E-state index contributed by atoms with van der Waals surface area (Å²) in [7, 11) is 0. The number of hydrogen-bond donors (Lipinski definition) is 0. The van der Waals surface area contributed by atoms with Gasteiger partial charge in [-0.15, -0.1) is 0 Å². The Bertz CT molecular complexity index is 402. The molecule has 2 aliphatic rings. The maximum atomic E-state index is 11.7. The van der Waals surface area contributed by atoms with Crippen LogP contribution in [0.15, 0.2) is 24.5 Å². The molecule has 3 heteroatoms. The molecule has 3 heterocycles. The van der Waals surface area contributed by atoms with Crippen LogP contribution in [0.25, 0.3) is 0 Å². The second-order valence-electron chi connectivity index (χ2n) is 5.53. The number of fused-ring (bicyclic) bond motifs is 2. The zero-order chi connectivity index (χ0) is 12.4. The van der Waals surface area contributed by atoms with Crippen molar-refractivity contribution >= 4 is 5.78 Å². The number of hydrogen-bond acceptors (Lipinski definition) is 3. The molecule has 0 aliphatic carbocycles. The van der Waals surface area contributed by atoms with Crippen LogP contribution in [0.4, 0.5) is 0 Å². The minimum Gasteiger partial charge on any atom is -0.300 e. The predicted molar refractivity (Wildman–Crippen MR) is 70.3 cm³/mol. The molecule has 2 unspecified atom stereocenters. The number of carbonyl (C=O) groups excluding carboxylic acids is 1. The Balaban J connectivity index is 1.64. The molecule has 2 saturated heterocycles. The molecule has 3 rings (SSSR count). The fourth-order valence-electron chi connectivity index (χ4n) is 3.44. The van der Waals surface area contributed by atoms with E-state index in [0.717, 1.165) is 25.8 Å². The molecule has 1 aromatic heterocycles. The van der Waals surface area contributed by atoms with Gasteiger partial charge in [-0.2, -0.15) is 0 Å². The van der Waals surface area contributed by atoms with Gasteiger partial charge < -0.3 is 0 Å². The van der Waals surface area contributed by atoms with Crippen LogP contribution in [0, 0.1) is 0 Å². The number of piperidine rings is 2. The van der Waals surface area contributed by atoms with Crippen LogP contribution >= 0.6 is 0 Å². The summed E-state index contributed by atoms with van der Waals surface area (Å²) < 4.78 is 0. The minimum absolute atomic E-state index is 0.474. The topological polar surface area (TPSA) is 33.2 Å². The summed E-state index contributed by atoms with van der Waals surface area (Å²) in [6, 6.07) is 5.16. The summed E-state index contributed by atoms with van der Waals surface area (Å²) in [4.78, 5) is 18.4. The summed E-state index contributed by atoms with van der Waals surface area (Å²) in [5.41, 5.74) is 1.30. The lowest BCUT2D eigenvalue weighted by molar-refractivity contribution is -0.127. The predicted octanol–water partition coefficient (Wildman–Crippen LogP) is 2.21. The van der Waals surface area contributed by atoms with E-state index in [0.29, 0.717) is 17.9 Å². The molecule has 0 N–H and O–H groups in total. The first-order valence-corrected chi connectivity index (χ1v) is 6.99. The molecule has 0 aromatic carbocycles. The van der Waals surface area contributed by atoms with Crippen molar-refractivity contribution in [1.29, 1.82) is 0 Å². The number of carbonyl (C=O) groups is 1. The number of ketones is 1.